The highest BCUT2D eigenvalue weighted by Gasteiger charge is 2.18. The Morgan fingerprint density at radius 2 is 2.35 bits per heavy atom. The third kappa shape index (κ3) is 3.48. The standard InChI is InChI=1S/C13H18ClIN2/c1-2-11-9-17(7-3-6-16-11)13-5-4-10(14)8-12(13)15/h4-5,8,11,16H,2-3,6-7,9H2,1H3. The Hall–Kier alpha value is -0.0000000000000000763. The van der Waals surface area contributed by atoms with Gasteiger partial charge in [-0.25, -0.2) is 0 Å². The topological polar surface area (TPSA) is 15.3 Å². The first-order chi connectivity index (χ1) is 8.20. The van der Waals surface area contributed by atoms with Crippen LogP contribution in [0, 0.1) is 3.57 Å². The smallest absolute Gasteiger partial charge is 0.0503 e. The van der Waals surface area contributed by atoms with Crippen molar-refractivity contribution in [1.82, 2.24) is 5.32 Å². The molecule has 1 atom stereocenters. The molecule has 0 aliphatic carbocycles. The van der Waals surface area contributed by atoms with Crippen LogP contribution in [0.1, 0.15) is 19.8 Å². The minimum atomic E-state index is 0.601. The van der Waals surface area contributed by atoms with E-state index in [0.29, 0.717) is 6.04 Å². The number of nitrogens with one attached hydrogen (secondary N) is 1. The second kappa shape index (κ2) is 6.25. The summed E-state index contributed by atoms with van der Waals surface area (Å²) < 4.78 is 1.24. The molecule has 1 saturated heterocycles. The fourth-order valence-corrected chi connectivity index (χ4v) is 3.44. The molecule has 1 heterocycles. The molecule has 0 spiro atoms. The van der Waals surface area contributed by atoms with E-state index in [2.05, 4.69) is 45.8 Å². The van der Waals surface area contributed by atoms with Crippen LogP contribution < -0.4 is 10.2 Å². The van der Waals surface area contributed by atoms with E-state index in [1.807, 2.05) is 12.1 Å². The van der Waals surface area contributed by atoms with Gasteiger partial charge in [0.05, 0.1) is 5.69 Å². The average Bonchev–Trinajstić information content (AvgIpc) is 2.54. The van der Waals surface area contributed by atoms with E-state index in [9.17, 15) is 0 Å². The summed E-state index contributed by atoms with van der Waals surface area (Å²) in [7, 11) is 0. The highest BCUT2D eigenvalue weighted by molar-refractivity contribution is 14.1. The van der Waals surface area contributed by atoms with E-state index >= 15 is 0 Å². The first kappa shape index (κ1) is 13.4. The Bertz CT molecular complexity index is 384. The Morgan fingerprint density at radius 1 is 1.53 bits per heavy atom. The van der Waals surface area contributed by atoms with E-state index in [0.717, 1.165) is 24.7 Å². The van der Waals surface area contributed by atoms with Crippen molar-refractivity contribution in [3.8, 4) is 0 Å². The molecule has 1 unspecified atom stereocenters. The van der Waals surface area contributed by atoms with Crippen molar-refractivity contribution >= 4 is 39.9 Å². The molecule has 0 amide bonds. The van der Waals surface area contributed by atoms with Crippen LogP contribution in [-0.4, -0.2) is 25.7 Å². The minimum absolute atomic E-state index is 0.601. The second-order valence-corrected chi connectivity index (χ2v) is 6.05. The van der Waals surface area contributed by atoms with Gasteiger partial charge in [0.25, 0.3) is 0 Å². The molecule has 4 heteroatoms. The monoisotopic (exact) mass is 364 g/mol. The van der Waals surface area contributed by atoms with Crippen molar-refractivity contribution in [2.75, 3.05) is 24.5 Å². The average molecular weight is 365 g/mol. The summed E-state index contributed by atoms with van der Waals surface area (Å²) in [5.41, 5.74) is 1.32. The molecule has 0 saturated carbocycles. The van der Waals surface area contributed by atoms with Gasteiger partial charge in [-0.05, 0) is 60.2 Å². The van der Waals surface area contributed by atoms with Gasteiger partial charge in [0.2, 0.25) is 0 Å². The van der Waals surface area contributed by atoms with Gasteiger partial charge in [0, 0.05) is 27.7 Å². The highest BCUT2D eigenvalue weighted by atomic mass is 127. The van der Waals surface area contributed by atoms with Crippen LogP contribution in [0.2, 0.25) is 5.02 Å². The minimum Gasteiger partial charge on any atom is -0.369 e. The number of hydrogen-bond acceptors (Lipinski definition) is 2. The molecule has 0 aromatic heterocycles. The molecular weight excluding hydrogens is 347 g/mol. The quantitative estimate of drug-likeness (QED) is 0.808. The van der Waals surface area contributed by atoms with Crippen molar-refractivity contribution in [2.24, 2.45) is 0 Å². The van der Waals surface area contributed by atoms with E-state index in [1.165, 1.54) is 22.1 Å². The molecule has 0 radical (unpaired) electrons. The van der Waals surface area contributed by atoms with Gasteiger partial charge in [-0.1, -0.05) is 18.5 Å². The fourth-order valence-electron chi connectivity index (χ4n) is 2.23. The van der Waals surface area contributed by atoms with Crippen molar-refractivity contribution in [3.05, 3.63) is 26.8 Å². The summed E-state index contributed by atoms with van der Waals surface area (Å²) in [6.45, 7) is 5.59. The molecule has 2 nitrogen and oxygen atoms in total. The van der Waals surface area contributed by atoms with Crippen LogP contribution >= 0.6 is 34.2 Å². The molecule has 1 aromatic rings. The Kier molecular flexibility index (Phi) is 4.94. The Morgan fingerprint density at radius 3 is 3.06 bits per heavy atom. The number of nitrogens with zero attached hydrogens (tertiary/aromatic N) is 1. The number of anilines is 1. The van der Waals surface area contributed by atoms with Gasteiger partial charge in [-0.15, -0.1) is 0 Å². The summed E-state index contributed by atoms with van der Waals surface area (Å²) in [6.07, 6.45) is 2.38. The summed E-state index contributed by atoms with van der Waals surface area (Å²) >= 11 is 8.38. The molecule has 0 bridgehead atoms. The van der Waals surface area contributed by atoms with E-state index in [1.54, 1.807) is 0 Å². The molecule has 17 heavy (non-hydrogen) atoms. The lowest BCUT2D eigenvalue weighted by Crippen LogP contribution is -2.37. The maximum atomic E-state index is 6.01. The zero-order chi connectivity index (χ0) is 12.3. The predicted molar refractivity (Wildman–Crippen MR) is 83.1 cm³/mol. The molecule has 1 aliphatic heterocycles. The van der Waals surface area contributed by atoms with Gasteiger partial charge in [0.15, 0.2) is 0 Å². The predicted octanol–water partition coefficient (Wildman–Crippen LogP) is 3.52. The van der Waals surface area contributed by atoms with Crippen molar-refractivity contribution in [2.45, 2.75) is 25.8 Å². The second-order valence-electron chi connectivity index (χ2n) is 4.45. The van der Waals surface area contributed by atoms with Crippen molar-refractivity contribution in [1.29, 1.82) is 0 Å². The Labute approximate surface area is 122 Å². The van der Waals surface area contributed by atoms with E-state index < -0.39 is 0 Å². The SMILES string of the molecule is CCC1CN(c2ccc(Cl)cc2I)CCCN1. The lowest BCUT2D eigenvalue weighted by molar-refractivity contribution is 0.528. The normalized spacial score (nSPS) is 21.4. The fraction of sp³-hybridized carbons (Fsp3) is 0.538. The number of halogens is 2. The number of rotatable bonds is 2. The molecule has 1 fully saturated rings. The lowest BCUT2D eigenvalue weighted by Gasteiger charge is -2.27. The summed E-state index contributed by atoms with van der Waals surface area (Å²) in [6, 6.07) is 6.76. The molecular formula is C13H18ClIN2. The van der Waals surface area contributed by atoms with Gasteiger partial charge < -0.3 is 10.2 Å². The first-order valence-corrected chi connectivity index (χ1v) is 7.59. The van der Waals surface area contributed by atoms with Gasteiger partial charge in [-0.3, -0.25) is 0 Å². The number of hydrogen-bond donors (Lipinski definition) is 1. The largest absolute Gasteiger partial charge is 0.369 e. The lowest BCUT2D eigenvalue weighted by atomic mass is 10.2. The summed E-state index contributed by atoms with van der Waals surface area (Å²) in [5.74, 6) is 0. The zero-order valence-electron chi connectivity index (χ0n) is 10.0. The first-order valence-electron chi connectivity index (χ1n) is 6.14. The highest BCUT2D eigenvalue weighted by Crippen LogP contribution is 2.26. The third-order valence-corrected chi connectivity index (χ3v) is 4.32. The summed E-state index contributed by atoms with van der Waals surface area (Å²) in [4.78, 5) is 2.48. The van der Waals surface area contributed by atoms with Crippen LogP contribution in [0.15, 0.2) is 18.2 Å². The third-order valence-electron chi connectivity index (χ3n) is 3.22. The van der Waals surface area contributed by atoms with Gasteiger partial charge >= 0.3 is 0 Å². The van der Waals surface area contributed by atoms with Gasteiger partial charge in [-0.2, -0.15) is 0 Å². The molecule has 1 aliphatic rings. The molecule has 94 valence electrons. The Balaban J connectivity index is 2.19. The van der Waals surface area contributed by atoms with E-state index in [4.69, 9.17) is 11.6 Å². The maximum Gasteiger partial charge on any atom is 0.0503 e. The van der Waals surface area contributed by atoms with Crippen LogP contribution in [0.4, 0.5) is 5.69 Å². The molecule has 2 rings (SSSR count). The van der Waals surface area contributed by atoms with Crippen LogP contribution in [-0.2, 0) is 0 Å². The molecule has 1 aromatic carbocycles. The van der Waals surface area contributed by atoms with Crippen molar-refractivity contribution < 1.29 is 0 Å². The van der Waals surface area contributed by atoms with E-state index in [-0.39, 0.29) is 0 Å². The number of benzene rings is 1. The maximum absolute atomic E-state index is 6.01. The van der Waals surface area contributed by atoms with Crippen LogP contribution in [0.25, 0.3) is 0 Å². The van der Waals surface area contributed by atoms with Gasteiger partial charge in [0.1, 0.15) is 0 Å². The zero-order valence-corrected chi connectivity index (χ0v) is 13.0. The van der Waals surface area contributed by atoms with Crippen LogP contribution in [0.3, 0.4) is 0 Å². The van der Waals surface area contributed by atoms with Crippen LogP contribution in [0.5, 0.6) is 0 Å². The van der Waals surface area contributed by atoms with Crippen molar-refractivity contribution in [3.63, 3.8) is 0 Å². The summed E-state index contributed by atoms with van der Waals surface area (Å²) in [5, 5.41) is 4.41. The molecule has 1 N–H and O–H groups in total.